The lowest BCUT2D eigenvalue weighted by Crippen LogP contribution is -2.32. The van der Waals surface area contributed by atoms with Gasteiger partial charge in [-0.1, -0.05) is 18.2 Å². The summed E-state index contributed by atoms with van der Waals surface area (Å²) < 4.78 is 42.2. The van der Waals surface area contributed by atoms with Crippen LogP contribution in [0.3, 0.4) is 0 Å². The van der Waals surface area contributed by atoms with Crippen molar-refractivity contribution in [3.63, 3.8) is 0 Å². The predicted octanol–water partition coefficient (Wildman–Crippen LogP) is 2.93. The number of halogens is 3. The molecule has 0 saturated heterocycles. The summed E-state index contributed by atoms with van der Waals surface area (Å²) in [6.45, 7) is 0.735. The number of anilines is 1. The van der Waals surface area contributed by atoms with E-state index in [0.717, 1.165) is 29.8 Å². The first-order valence-corrected chi connectivity index (χ1v) is 8.13. The Hall–Kier alpha value is -3.36. The molecule has 2 rings (SSSR count). The van der Waals surface area contributed by atoms with Crippen LogP contribution < -0.4 is 10.6 Å². The minimum absolute atomic E-state index is 0.0434. The van der Waals surface area contributed by atoms with E-state index in [9.17, 15) is 27.6 Å². The molecule has 2 amide bonds. The summed E-state index contributed by atoms with van der Waals surface area (Å²) in [4.78, 5) is 35.2. The molecule has 28 heavy (non-hydrogen) atoms. The highest BCUT2D eigenvalue weighted by Gasteiger charge is 2.30. The van der Waals surface area contributed by atoms with Gasteiger partial charge in [-0.25, -0.2) is 0 Å². The van der Waals surface area contributed by atoms with Crippen LogP contribution in [0.4, 0.5) is 18.9 Å². The Morgan fingerprint density at radius 1 is 1.00 bits per heavy atom. The lowest BCUT2D eigenvalue weighted by Gasteiger charge is -2.10. The second-order valence-electron chi connectivity index (χ2n) is 5.78. The van der Waals surface area contributed by atoms with E-state index in [1.165, 1.54) is 0 Å². The third-order valence-corrected chi connectivity index (χ3v) is 3.65. The van der Waals surface area contributed by atoms with Gasteiger partial charge < -0.3 is 15.4 Å². The van der Waals surface area contributed by atoms with Crippen LogP contribution in [0.15, 0.2) is 48.5 Å². The lowest BCUT2D eigenvalue weighted by molar-refractivity contribution is -0.146. The zero-order valence-corrected chi connectivity index (χ0v) is 14.8. The van der Waals surface area contributed by atoms with E-state index in [4.69, 9.17) is 4.74 Å². The molecule has 0 aliphatic carbocycles. The molecule has 0 aromatic heterocycles. The average molecular weight is 394 g/mol. The van der Waals surface area contributed by atoms with Crippen molar-refractivity contribution >= 4 is 23.5 Å². The quantitative estimate of drug-likeness (QED) is 0.738. The SMILES string of the molecule is Cc1ccccc1NC(=O)COC(=O)CNC(=O)c1ccc(C(F)(F)F)cc1. The number of hydrogen-bond acceptors (Lipinski definition) is 4. The highest BCUT2D eigenvalue weighted by molar-refractivity contribution is 5.96. The van der Waals surface area contributed by atoms with Crippen LogP contribution in [0.5, 0.6) is 0 Å². The third kappa shape index (κ3) is 6.11. The van der Waals surface area contributed by atoms with Gasteiger partial charge in [-0.2, -0.15) is 13.2 Å². The maximum Gasteiger partial charge on any atom is 0.416 e. The third-order valence-electron chi connectivity index (χ3n) is 3.65. The summed E-state index contributed by atoms with van der Waals surface area (Å²) in [5, 5.41) is 4.79. The molecular formula is C19H17F3N2O4. The highest BCUT2D eigenvalue weighted by atomic mass is 19.4. The second-order valence-corrected chi connectivity index (χ2v) is 5.78. The standard InChI is InChI=1S/C19H17F3N2O4/c1-12-4-2-3-5-15(12)24-16(25)11-28-17(26)10-23-18(27)13-6-8-14(9-7-13)19(20,21)22/h2-9H,10-11H2,1H3,(H,23,27)(H,24,25). The largest absolute Gasteiger partial charge is 0.454 e. The number of para-hydroxylation sites is 1. The van der Waals surface area contributed by atoms with Crippen molar-refractivity contribution < 1.29 is 32.3 Å². The van der Waals surface area contributed by atoms with E-state index >= 15 is 0 Å². The predicted molar refractivity (Wildman–Crippen MR) is 94.5 cm³/mol. The number of carbonyl (C=O) groups is 3. The fraction of sp³-hybridized carbons (Fsp3) is 0.211. The van der Waals surface area contributed by atoms with Crippen molar-refractivity contribution in [2.45, 2.75) is 13.1 Å². The van der Waals surface area contributed by atoms with Gasteiger partial charge in [-0.3, -0.25) is 14.4 Å². The first-order chi connectivity index (χ1) is 13.2. The number of rotatable bonds is 6. The van der Waals surface area contributed by atoms with E-state index < -0.39 is 42.7 Å². The van der Waals surface area contributed by atoms with Gasteiger partial charge in [0.15, 0.2) is 6.61 Å². The molecule has 2 aromatic rings. The van der Waals surface area contributed by atoms with E-state index in [-0.39, 0.29) is 5.56 Å². The van der Waals surface area contributed by atoms with Crippen molar-refractivity contribution in [1.82, 2.24) is 5.32 Å². The molecule has 0 bridgehead atoms. The number of alkyl halides is 3. The van der Waals surface area contributed by atoms with Crippen LogP contribution in [0, 0.1) is 6.92 Å². The second kappa shape index (κ2) is 9.03. The molecule has 0 aliphatic rings. The minimum atomic E-state index is -4.50. The fourth-order valence-corrected chi connectivity index (χ4v) is 2.16. The summed E-state index contributed by atoms with van der Waals surface area (Å²) >= 11 is 0. The molecule has 2 N–H and O–H groups in total. The van der Waals surface area contributed by atoms with Gasteiger partial charge in [0.2, 0.25) is 0 Å². The fourth-order valence-electron chi connectivity index (χ4n) is 2.16. The molecular weight excluding hydrogens is 377 g/mol. The molecule has 148 valence electrons. The lowest BCUT2D eigenvalue weighted by atomic mass is 10.1. The zero-order chi connectivity index (χ0) is 20.7. The number of esters is 1. The molecule has 2 aromatic carbocycles. The Bertz CT molecular complexity index is 864. The van der Waals surface area contributed by atoms with Gasteiger partial charge in [0.05, 0.1) is 5.56 Å². The van der Waals surface area contributed by atoms with Gasteiger partial charge in [0.25, 0.3) is 11.8 Å². The van der Waals surface area contributed by atoms with Crippen LogP contribution in [0.25, 0.3) is 0 Å². The maximum absolute atomic E-state index is 12.5. The Morgan fingerprint density at radius 2 is 1.64 bits per heavy atom. The number of nitrogens with one attached hydrogen (secondary N) is 2. The summed E-state index contributed by atoms with van der Waals surface area (Å²) in [5.41, 5.74) is 0.492. The van der Waals surface area contributed by atoms with E-state index in [2.05, 4.69) is 10.6 Å². The van der Waals surface area contributed by atoms with Crippen LogP contribution in [0.2, 0.25) is 0 Å². The van der Waals surface area contributed by atoms with Crippen molar-refractivity contribution in [3.05, 3.63) is 65.2 Å². The molecule has 0 radical (unpaired) electrons. The first-order valence-electron chi connectivity index (χ1n) is 8.13. The molecule has 0 spiro atoms. The summed E-state index contributed by atoms with van der Waals surface area (Å²) in [6.07, 6.45) is -4.50. The first kappa shape index (κ1) is 20.9. The van der Waals surface area contributed by atoms with E-state index in [1.54, 1.807) is 25.1 Å². The molecule has 0 atom stereocenters. The van der Waals surface area contributed by atoms with Crippen LogP contribution in [-0.4, -0.2) is 30.9 Å². The van der Waals surface area contributed by atoms with Gasteiger partial charge in [0, 0.05) is 11.3 Å². The summed E-state index contributed by atoms with van der Waals surface area (Å²) in [7, 11) is 0. The monoisotopic (exact) mass is 394 g/mol. The average Bonchev–Trinajstić information content (AvgIpc) is 2.65. The molecule has 0 heterocycles. The number of benzene rings is 2. The normalized spacial score (nSPS) is 10.9. The molecule has 0 fully saturated rings. The van der Waals surface area contributed by atoms with Crippen LogP contribution in [0.1, 0.15) is 21.5 Å². The molecule has 0 aliphatic heterocycles. The minimum Gasteiger partial charge on any atom is -0.454 e. The molecule has 6 nitrogen and oxygen atoms in total. The Labute approximate surface area is 158 Å². The zero-order valence-electron chi connectivity index (χ0n) is 14.8. The van der Waals surface area contributed by atoms with Crippen molar-refractivity contribution in [2.24, 2.45) is 0 Å². The van der Waals surface area contributed by atoms with Gasteiger partial charge in [-0.05, 0) is 42.8 Å². The van der Waals surface area contributed by atoms with E-state index in [1.807, 2.05) is 6.07 Å². The topological polar surface area (TPSA) is 84.5 Å². The van der Waals surface area contributed by atoms with Gasteiger partial charge >= 0.3 is 12.1 Å². The Balaban J connectivity index is 1.76. The highest BCUT2D eigenvalue weighted by Crippen LogP contribution is 2.29. The van der Waals surface area contributed by atoms with Crippen molar-refractivity contribution in [3.8, 4) is 0 Å². The van der Waals surface area contributed by atoms with E-state index in [0.29, 0.717) is 5.69 Å². The number of ether oxygens (including phenoxy) is 1. The number of hydrogen-bond donors (Lipinski definition) is 2. The van der Waals surface area contributed by atoms with Crippen LogP contribution in [-0.2, 0) is 20.5 Å². The Kier molecular flexibility index (Phi) is 6.75. The van der Waals surface area contributed by atoms with Crippen molar-refractivity contribution in [2.75, 3.05) is 18.5 Å². The van der Waals surface area contributed by atoms with Crippen molar-refractivity contribution in [1.29, 1.82) is 0 Å². The molecule has 0 unspecified atom stereocenters. The van der Waals surface area contributed by atoms with Crippen LogP contribution >= 0.6 is 0 Å². The summed E-state index contributed by atoms with van der Waals surface area (Å²) in [6, 6.07) is 10.6. The number of carbonyl (C=O) groups excluding carboxylic acids is 3. The number of aryl methyl sites for hydroxylation is 1. The Morgan fingerprint density at radius 3 is 2.25 bits per heavy atom. The number of amides is 2. The molecule has 0 saturated carbocycles. The molecule has 9 heteroatoms. The summed E-state index contributed by atoms with van der Waals surface area (Å²) in [5.74, 6) is -2.15. The van der Waals surface area contributed by atoms with Gasteiger partial charge in [0.1, 0.15) is 6.54 Å². The smallest absolute Gasteiger partial charge is 0.416 e. The van der Waals surface area contributed by atoms with Gasteiger partial charge in [-0.15, -0.1) is 0 Å². The maximum atomic E-state index is 12.5.